The number of halogens is 4. The molecule has 0 saturated carbocycles. The zero-order valence-corrected chi connectivity index (χ0v) is 18.7. The highest BCUT2D eigenvalue weighted by Crippen LogP contribution is 2.29. The van der Waals surface area contributed by atoms with Crippen molar-refractivity contribution in [2.24, 2.45) is 0 Å². The lowest BCUT2D eigenvalue weighted by Gasteiger charge is -2.12. The third-order valence-electron chi connectivity index (χ3n) is 4.54. The van der Waals surface area contributed by atoms with E-state index in [0.717, 1.165) is 29.0 Å². The number of hydrogen-bond donors (Lipinski definition) is 2. The Balaban J connectivity index is 1.70. The lowest BCUT2D eigenvalue weighted by Crippen LogP contribution is -2.28. The van der Waals surface area contributed by atoms with Gasteiger partial charge >= 0.3 is 6.36 Å². The first-order chi connectivity index (χ1) is 15.9. The van der Waals surface area contributed by atoms with Crippen LogP contribution in [0.5, 0.6) is 11.5 Å². The number of nitrogens with zero attached hydrogens (tertiary/aromatic N) is 3. The molecule has 0 radical (unpaired) electrons. The van der Waals surface area contributed by atoms with E-state index < -0.39 is 22.1 Å². The Morgan fingerprint density at radius 1 is 1.09 bits per heavy atom. The number of fused-ring (bicyclic) bond motifs is 1. The van der Waals surface area contributed by atoms with E-state index in [1.807, 2.05) is 0 Å². The topological polar surface area (TPSA) is 106 Å². The van der Waals surface area contributed by atoms with Gasteiger partial charge in [0.05, 0.1) is 33.8 Å². The van der Waals surface area contributed by atoms with Gasteiger partial charge in [-0.25, -0.2) is 12.9 Å². The van der Waals surface area contributed by atoms with Gasteiger partial charge in [0.2, 0.25) is 6.20 Å². The number of sulfonamides is 1. The van der Waals surface area contributed by atoms with Crippen LogP contribution in [0, 0.1) is 0 Å². The number of ether oxygens (including phenoxy) is 2. The summed E-state index contributed by atoms with van der Waals surface area (Å²) in [7, 11) is -2.78. The van der Waals surface area contributed by atoms with Gasteiger partial charge < -0.3 is 9.47 Å². The zero-order valence-electron chi connectivity index (χ0n) is 17.1. The first-order valence-electron chi connectivity index (χ1n) is 9.32. The van der Waals surface area contributed by atoms with E-state index in [-0.39, 0.29) is 15.7 Å². The Hall–Kier alpha value is -3.71. The Labute approximate surface area is 195 Å². The third-order valence-corrected chi connectivity index (χ3v) is 6.23. The Kier molecular flexibility index (Phi) is 5.91. The summed E-state index contributed by atoms with van der Waals surface area (Å²) in [5, 5.41) is 14.5. The molecule has 3 aromatic heterocycles. The van der Waals surface area contributed by atoms with Crippen molar-refractivity contribution in [3.05, 3.63) is 65.9 Å². The molecule has 0 unspecified atom stereocenters. The Bertz CT molecular complexity index is 1470. The number of aromatic nitrogens is 3. The van der Waals surface area contributed by atoms with Crippen LogP contribution in [0.2, 0.25) is 5.02 Å². The maximum absolute atomic E-state index is 12.8. The average molecular weight is 516 g/mol. The molecule has 9 nitrogen and oxygen atoms in total. The number of alkyl halides is 3. The molecule has 4 aromatic rings. The van der Waals surface area contributed by atoms with Crippen molar-refractivity contribution in [3.8, 4) is 22.8 Å². The predicted molar refractivity (Wildman–Crippen MR) is 114 cm³/mol. The van der Waals surface area contributed by atoms with E-state index >= 15 is 0 Å². The number of benzene rings is 1. The zero-order chi connectivity index (χ0) is 24.7. The second kappa shape index (κ2) is 8.57. The number of nitrogens with one attached hydrogen (secondary N) is 1. The van der Waals surface area contributed by atoms with Crippen molar-refractivity contribution in [2.75, 3.05) is 11.8 Å². The van der Waals surface area contributed by atoms with Gasteiger partial charge in [0.25, 0.3) is 16.2 Å². The van der Waals surface area contributed by atoms with Crippen LogP contribution in [-0.2, 0) is 10.0 Å². The van der Waals surface area contributed by atoms with Gasteiger partial charge in [-0.05, 0) is 42.5 Å². The van der Waals surface area contributed by atoms with Crippen molar-refractivity contribution >= 4 is 33.0 Å². The molecule has 0 aliphatic heterocycles. The van der Waals surface area contributed by atoms with Crippen LogP contribution < -0.4 is 18.9 Å². The molecule has 0 saturated heterocycles. The Morgan fingerprint density at radius 3 is 2.44 bits per heavy atom. The fraction of sp³-hybridized carbons (Fsp3) is 0.100. The van der Waals surface area contributed by atoms with Gasteiger partial charge in [0, 0.05) is 10.8 Å². The molecular weight excluding hydrogens is 501 g/mol. The second-order valence-electron chi connectivity index (χ2n) is 6.86. The minimum Gasteiger partial charge on any atom is -0.491 e. The molecular formula is C20H15ClF3N4O5S+. The van der Waals surface area contributed by atoms with Crippen molar-refractivity contribution in [1.29, 1.82) is 0 Å². The summed E-state index contributed by atoms with van der Waals surface area (Å²) >= 11 is 6.25. The first-order valence-corrected chi connectivity index (χ1v) is 11.2. The van der Waals surface area contributed by atoms with Crippen LogP contribution in [0.4, 0.5) is 19.0 Å². The van der Waals surface area contributed by atoms with Crippen LogP contribution in [0.25, 0.3) is 16.8 Å². The van der Waals surface area contributed by atoms with E-state index in [9.17, 15) is 26.8 Å². The predicted octanol–water partition coefficient (Wildman–Crippen LogP) is 3.89. The van der Waals surface area contributed by atoms with Crippen molar-refractivity contribution in [2.45, 2.75) is 11.3 Å². The molecule has 0 bridgehead atoms. The Morgan fingerprint density at radius 2 is 1.79 bits per heavy atom. The molecule has 0 spiro atoms. The van der Waals surface area contributed by atoms with E-state index in [2.05, 4.69) is 14.6 Å². The van der Waals surface area contributed by atoms with E-state index in [1.165, 1.54) is 36.2 Å². The van der Waals surface area contributed by atoms with Crippen molar-refractivity contribution in [3.63, 3.8) is 0 Å². The van der Waals surface area contributed by atoms with Crippen LogP contribution in [0.15, 0.2) is 65.8 Å². The summed E-state index contributed by atoms with van der Waals surface area (Å²) in [4.78, 5) is -0.299. The van der Waals surface area contributed by atoms with E-state index in [1.54, 1.807) is 12.1 Å². The number of hydrogen-bond acceptors (Lipinski definition) is 6. The van der Waals surface area contributed by atoms with Gasteiger partial charge in [-0.15, -0.1) is 13.2 Å². The minimum absolute atomic E-state index is 0.0149. The molecule has 0 amide bonds. The molecule has 0 aliphatic carbocycles. The van der Waals surface area contributed by atoms with Gasteiger partial charge in [-0.3, -0.25) is 9.93 Å². The summed E-state index contributed by atoms with van der Waals surface area (Å²) in [6.45, 7) is 0. The second-order valence-corrected chi connectivity index (χ2v) is 8.95. The largest absolute Gasteiger partial charge is 0.573 e. The number of anilines is 1. The molecule has 178 valence electrons. The highest BCUT2D eigenvalue weighted by molar-refractivity contribution is 7.92. The lowest BCUT2D eigenvalue weighted by atomic mass is 10.2. The summed E-state index contributed by atoms with van der Waals surface area (Å²) in [5.74, 6) is -0.195. The van der Waals surface area contributed by atoms with Crippen molar-refractivity contribution < 1.29 is 41.0 Å². The van der Waals surface area contributed by atoms with E-state index in [4.69, 9.17) is 16.3 Å². The molecule has 1 aromatic carbocycles. The summed E-state index contributed by atoms with van der Waals surface area (Å²) < 4.78 is 75.9. The van der Waals surface area contributed by atoms with Gasteiger partial charge in [-0.2, -0.15) is 5.10 Å². The average Bonchev–Trinajstić information content (AvgIpc) is 3.21. The molecule has 2 N–H and O–H groups in total. The minimum atomic E-state index is -4.90. The van der Waals surface area contributed by atoms with Gasteiger partial charge in [-0.1, -0.05) is 11.6 Å². The van der Waals surface area contributed by atoms with E-state index in [0.29, 0.717) is 22.5 Å². The molecule has 4 rings (SSSR count). The third kappa shape index (κ3) is 4.94. The van der Waals surface area contributed by atoms with Gasteiger partial charge in [0.15, 0.2) is 5.75 Å². The summed E-state index contributed by atoms with van der Waals surface area (Å²) in [5.41, 5.74) is 1.16. The van der Waals surface area contributed by atoms with Crippen molar-refractivity contribution in [1.82, 2.24) is 9.61 Å². The fourth-order valence-corrected chi connectivity index (χ4v) is 4.31. The normalized spacial score (nSPS) is 12.0. The summed E-state index contributed by atoms with van der Waals surface area (Å²) in [6.07, 6.45) is -2.20. The van der Waals surface area contributed by atoms with Crippen LogP contribution in [0.1, 0.15) is 0 Å². The molecule has 0 aliphatic rings. The SMILES string of the molecule is COc1cc(-c2cc3c(Cl)ccc(NS(=O)(=O)c4ccc(OC(F)(F)F)cc4)n3n2)c[n+](O)c1. The maximum Gasteiger partial charge on any atom is 0.573 e. The molecule has 0 atom stereocenters. The monoisotopic (exact) mass is 515 g/mol. The number of rotatable bonds is 6. The highest BCUT2D eigenvalue weighted by Gasteiger charge is 2.31. The summed E-state index contributed by atoms with van der Waals surface area (Å²) in [6, 6.07) is 9.75. The van der Waals surface area contributed by atoms with Crippen LogP contribution in [0.3, 0.4) is 0 Å². The first kappa shape index (κ1) is 23.4. The van der Waals surface area contributed by atoms with Gasteiger partial charge in [0.1, 0.15) is 11.6 Å². The number of pyridine rings is 2. The number of methoxy groups -OCH3 is 1. The smallest absolute Gasteiger partial charge is 0.491 e. The standard InChI is InChI=1S/C20H15ClF3N4O5S/c1-32-14-8-12(10-27(29)11-14)17-9-18-16(21)6-7-19(28(18)25-17)26-34(30,31)15-4-2-13(3-5-15)33-20(22,23)24/h2-11,26,29H,1H3/q+1. The lowest BCUT2D eigenvalue weighted by molar-refractivity contribution is -0.904. The van der Waals surface area contributed by atoms with Crippen LogP contribution in [-0.4, -0.2) is 36.7 Å². The molecule has 3 heterocycles. The molecule has 14 heteroatoms. The molecule has 0 fully saturated rings. The maximum atomic E-state index is 12.8. The highest BCUT2D eigenvalue weighted by atomic mass is 35.5. The molecule has 34 heavy (non-hydrogen) atoms. The quantitative estimate of drug-likeness (QED) is 0.298. The van der Waals surface area contributed by atoms with Crippen LogP contribution >= 0.6 is 11.6 Å². The fourth-order valence-electron chi connectivity index (χ4n) is 3.07.